The lowest BCUT2D eigenvalue weighted by Gasteiger charge is -2.04. The third kappa shape index (κ3) is 7.64. The molecular formula is C64H40N12. The van der Waals surface area contributed by atoms with E-state index in [1.54, 1.807) is 0 Å². The van der Waals surface area contributed by atoms with Gasteiger partial charge in [0.2, 0.25) is 0 Å². The largest absolute Gasteiger partial charge is 0.352 e. The van der Waals surface area contributed by atoms with Crippen molar-refractivity contribution in [2.75, 3.05) is 0 Å². The Hall–Kier alpha value is -10.7. The highest BCUT2D eigenvalue weighted by atomic mass is 14.9. The molecule has 356 valence electrons. The van der Waals surface area contributed by atoms with Gasteiger partial charge >= 0.3 is 0 Å². The van der Waals surface area contributed by atoms with Gasteiger partial charge in [0, 0.05) is 21.5 Å². The molecule has 76 heavy (non-hydrogen) atoms. The number of hydrogen-bond donors (Lipinski definition) is 4. The number of nitrogens with zero attached hydrogens (tertiary/aromatic N) is 8. The minimum Gasteiger partial charge on any atom is -0.352 e. The molecule has 0 aliphatic heterocycles. The molecule has 0 saturated heterocycles. The average molecular weight is 977 g/mol. The van der Waals surface area contributed by atoms with Crippen molar-refractivity contribution < 1.29 is 0 Å². The molecule has 0 unspecified atom stereocenters. The molecule has 12 heteroatoms. The predicted octanol–water partition coefficient (Wildman–Crippen LogP) is 15.4. The second-order valence-corrected chi connectivity index (χ2v) is 18.9. The number of hydrogen-bond acceptors (Lipinski definition) is 8. The Bertz CT molecular complexity index is 4630. The van der Waals surface area contributed by atoms with E-state index in [1.165, 1.54) is 0 Å². The molecule has 12 bridgehead atoms. The first-order chi connectivity index (χ1) is 37.6. The van der Waals surface area contributed by atoms with Crippen LogP contribution in [0.5, 0.6) is 0 Å². The molecule has 7 heterocycles. The van der Waals surface area contributed by atoms with E-state index < -0.39 is 0 Å². The average Bonchev–Trinajstić information content (AvgIpc) is 4.32. The maximum atomic E-state index is 5.17. The van der Waals surface area contributed by atoms with E-state index >= 15 is 0 Å². The van der Waals surface area contributed by atoms with Crippen molar-refractivity contribution in [1.82, 2.24) is 59.8 Å². The molecular weight excluding hydrogens is 937 g/mol. The monoisotopic (exact) mass is 976 g/mol. The van der Waals surface area contributed by atoms with Crippen LogP contribution in [0.15, 0.2) is 219 Å². The fourth-order valence-electron chi connectivity index (χ4n) is 10.3. The van der Waals surface area contributed by atoms with Crippen LogP contribution >= 0.6 is 0 Å². The summed E-state index contributed by atoms with van der Waals surface area (Å²) in [5.74, 6) is 0. The standard InChI is InChI=1S/C64H40N12/c1-2-14-54-53(13-1)73-61-57-25-21-41(69-57)33-65-49-17-5-9-37-29-39-11-7-19-51(47(39)31-45(37)49)67-35-43-23-27-59(71-43)63-64(76-56-16-4-3-15-55(56)75-63)60-28-24-44(72-60)36-68-52-20-8-12-40-30-38-10-6-18-50(46(38)32-48(40)52)66-34-42-22-26-58(70-42)62(61)74-54/h1-36,69-72H. The lowest BCUT2D eigenvalue weighted by Crippen LogP contribution is -1.87. The zero-order valence-corrected chi connectivity index (χ0v) is 40.4. The molecule has 0 atom stereocenters. The third-order valence-electron chi connectivity index (χ3n) is 14.0. The lowest BCUT2D eigenvalue weighted by atomic mass is 10.0. The minimum atomic E-state index is 0.712. The molecule has 0 amide bonds. The molecule has 12 nitrogen and oxygen atoms in total. The van der Waals surface area contributed by atoms with Gasteiger partial charge in [-0.25, -0.2) is 19.9 Å². The van der Waals surface area contributed by atoms with Gasteiger partial charge in [-0.2, -0.15) is 0 Å². The minimum absolute atomic E-state index is 0.712. The number of aromatic nitrogens is 12. The van der Waals surface area contributed by atoms with Crippen LogP contribution in [0.2, 0.25) is 0 Å². The van der Waals surface area contributed by atoms with Crippen LogP contribution in [-0.2, 0) is 0 Å². The summed E-state index contributed by atoms with van der Waals surface area (Å²) in [5, 5.41) is 8.37. The number of benzene rings is 8. The van der Waals surface area contributed by atoms with E-state index in [9.17, 15) is 0 Å². The number of nitrogens with one attached hydrogen (secondary N) is 4. The SMILES string of the molecule is c1ccc2nc3c4ccc(cnc5cccc6cc7cccc(ncc8ccc([nH]8)c8nc9ccccc9nc8c8ccc(cnc9cccc%10cc%11cccc(ncc%12ccc([nH]%12)c3nc2c1)c%11cc%109)[nH]8)c7cc65)[nH]4. The van der Waals surface area contributed by atoms with Gasteiger partial charge in [0.05, 0.1) is 113 Å². The quantitative estimate of drug-likeness (QED) is 0.109. The van der Waals surface area contributed by atoms with Crippen molar-refractivity contribution in [3.63, 3.8) is 0 Å². The van der Waals surface area contributed by atoms with Crippen LogP contribution in [0.25, 0.3) is 153 Å². The van der Waals surface area contributed by atoms with Gasteiger partial charge in [-0.15, -0.1) is 0 Å². The lowest BCUT2D eigenvalue weighted by molar-refractivity contribution is 1.38. The summed E-state index contributed by atoms with van der Waals surface area (Å²) in [6.45, 7) is 0. The zero-order chi connectivity index (χ0) is 50.1. The molecule has 0 fully saturated rings. The van der Waals surface area contributed by atoms with Crippen molar-refractivity contribution in [2.45, 2.75) is 0 Å². The van der Waals surface area contributed by atoms with Crippen LogP contribution in [0.4, 0.5) is 0 Å². The highest BCUT2D eigenvalue weighted by molar-refractivity contribution is 6.11. The van der Waals surface area contributed by atoms with Gasteiger partial charge in [-0.05, 0) is 143 Å². The molecule has 0 spiro atoms. The van der Waals surface area contributed by atoms with Gasteiger partial charge in [0.1, 0.15) is 22.1 Å². The smallest absolute Gasteiger partial charge is 0.115 e. The number of fused-ring (bicyclic) bond motifs is 16. The summed E-state index contributed by atoms with van der Waals surface area (Å²) < 4.78 is 0. The highest BCUT2D eigenvalue weighted by Gasteiger charge is 2.10. The summed E-state index contributed by atoms with van der Waals surface area (Å²) in [6, 6.07) is 65.7. The molecule has 0 saturated carbocycles. The number of aromatic amines is 4. The van der Waals surface area contributed by atoms with Gasteiger partial charge in [-0.1, -0.05) is 72.8 Å². The van der Waals surface area contributed by atoms with Gasteiger partial charge in [0.15, 0.2) is 0 Å². The Balaban J connectivity index is 0.992. The van der Waals surface area contributed by atoms with E-state index in [2.05, 4.69) is 68.5 Å². The Morgan fingerprint density at radius 1 is 0.224 bits per heavy atom. The molecule has 0 radical (unpaired) electrons. The predicted molar refractivity (Wildman–Crippen MR) is 311 cm³/mol. The third-order valence-corrected chi connectivity index (χ3v) is 14.0. The molecule has 0 aliphatic carbocycles. The van der Waals surface area contributed by atoms with Gasteiger partial charge < -0.3 is 19.9 Å². The molecule has 4 N–H and O–H groups in total. The Morgan fingerprint density at radius 2 is 0.474 bits per heavy atom. The topological polar surface area (TPSA) is 166 Å². The fraction of sp³-hybridized carbons (Fsp3) is 0. The van der Waals surface area contributed by atoms with Crippen molar-refractivity contribution in [3.05, 3.63) is 219 Å². The second kappa shape index (κ2) is 17.5. The number of para-hydroxylation sites is 4. The summed E-state index contributed by atoms with van der Waals surface area (Å²) in [6.07, 6.45) is 7.46. The first-order valence-electron chi connectivity index (χ1n) is 25.0. The van der Waals surface area contributed by atoms with E-state index in [4.69, 9.17) is 39.9 Å². The first kappa shape index (κ1) is 42.9. The highest BCUT2D eigenvalue weighted by Crippen LogP contribution is 2.30. The van der Waals surface area contributed by atoms with Crippen LogP contribution in [0, 0.1) is 0 Å². The maximum absolute atomic E-state index is 5.17. The van der Waals surface area contributed by atoms with E-state index in [1.807, 2.05) is 170 Å². The summed E-state index contributed by atoms with van der Waals surface area (Å²) in [7, 11) is 0. The second-order valence-electron chi connectivity index (χ2n) is 18.9. The fourth-order valence-corrected chi connectivity index (χ4v) is 10.3. The maximum Gasteiger partial charge on any atom is 0.115 e. The molecule has 7 aromatic heterocycles. The summed E-state index contributed by atoms with van der Waals surface area (Å²) in [5.41, 5.74) is 15.9. The van der Waals surface area contributed by atoms with Crippen LogP contribution in [0.1, 0.15) is 0 Å². The normalized spacial score (nSPS) is 11.7. The number of rotatable bonds is 0. The molecule has 8 aromatic carbocycles. The van der Waals surface area contributed by atoms with E-state index in [0.717, 1.165) is 131 Å². The molecule has 15 aromatic rings. The first-order valence-corrected chi connectivity index (χ1v) is 25.0. The van der Waals surface area contributed by atoms with E-state index in [0.29, 0.717) is 22.1 Å². The van der Waals surface area contributed by atoms with Crippen molar-refractivity contribution in [1.29, 1.82) is 0 Å². The zero-order valence-electron chi connectivity index (χ0n) is 40.4. The summed E-state index contributed by atoms with van der Waals surface area (Å²) >= 11 is 0. The van der Waals surface area contributed by atoms with Crippen LogP contribution in [0.3, 0.4) is 0 Å². The van der Waals surface area contributed by atoms with Crippen molar-refractivity contribution in [2.24, 2.45) is 0 Å². The Kier molecular flexibility index (Phi) is 9.88. The summed E-state index contributed by atoms with van der Waals surface area (Å²) in [4.78, 5) is 55.3. The van der Waals surface area contributed by atoms with Crippen LogP contribution < -0.4 is 0 Å². The van der Waals surface area contributed by atoms with Gasteiger partial charge in [-0.3, -0.25) is 19.9 Å². The Morgan fingerprint density at radius 3 is 0.737 bits per heavy atom. The van der Waals surface area contributed by atoms with Crippen molar-refractivity contribution >= 4 is 153 Å². The van der Waals surface area contributed by atoms with Gasteiger partial charge in [0.25, 0.3) is 0 Å². The van der Waals surface area contributed by atoms with Crippen molar-refractivity contribution in [3.8, 4) is 0 Å². The van der Waals surface area contributed by atoms with Crippen LogP contribution in [-0.4, -0.2) is 59.8 Å². The van der Waals surface area contributed by atoms with E-state index in [-0.39, 0.29) is 0 Å². The number of H-pyrrole nitrogens is 4. The molecule has 0 aliphatic rings. The molecule has 15 rings (SSSR count). The Labute approximate surface area is 430 Å².